The van der Waals surface area contributed by atoms with Gasteiger partial charge in [-0.05, 0) is 19.8 Å². The Balaban J connectivity index is 0.000000140. The van der Waals surface area contributed by atoms with Crippen LogP contribution >= 0.6 is 0 Å². The molecule has 0 N–H and O–H groups in total. The van der Waals surface area contributed by atoms with Gasteiger partial charge in [0.1, 0.15) is 0 Å². The molecule has 1 saturated carbocycles. The highest BCUT2D eigenvalue weighted by Gasteiger charge is 2.39. The quantitative estimate of drug-likeness (QED) is 0.656. The van der Waals surface area contributed by atoms with Crippen LogP contribution in [-0.2, 0) is 14.2 Å². The number of ether oxygens (including phenoxy) is 3. The lowest BCUT2D eigenvalue weighted by Crippen LogP contribution is -2.11. The first kappa shape index (κ1) is 12.0. The van der Waals surface area contributed by atoms with Crippen LogP contribution in [0, 0.1) is 0 Å². The smallest absolute Gasteiger partial charge is 0.0841 e. The van der Waals surface area contributed by atoms with E-state index in [9.17, 15) is 0 Å². The summed E-state index contributed by atoms with van der Waals surface area (Å²) in [4.78, 5) is 0. The predicted octanol–water partition coefficient (Wildman–Crippen LogP) is 2.00. The fourth-order valence-corrected chi connectivity index (χ4v) is 1.68. The van der Waals surface area contributed by atoms with Gasteiger partial charge in [-0.2, -0.15) is 0 Å². The SMILES string of the molecule is C1CCC2OC2C1.COCC(C)OC. The molecule has 84 valence electrons. The van der Waals surface area contributed by atoms with Gasteiger partial charge in [-0.15, -0.1) is 0 Å². The first-order valence-electron chi connectivity index (χ1n) is 5.45. The minimum atomic E-state index is 0.227. The Morgan fingerprint density at radius 3 is 2.07 bits per heavy atom. The summed E-state index contributed by atoms with van der Waals surface area (Å²) < 4.78 is 14.9. The molecule has 3 nitrogen and oxygen atoms in total. The zero-order valence-corrected chi connectivity index (χ0v) is 9.49. The van der Waals surface area contributed by atoms with Crippen molar-refractivity contribution in [2.24, 2.45) is 0 Å². The second-order valence-corrected chi connectivity index (χ2v) is 4.00. The Kier molecular flexibility index (Phi) is 5.45. The van der Waals surface area contributed by atoms with E-state index >= 15 is 0 Å². The van der Waals surface area contributed by atoms with Crippen molar-refractivity contribution in [1.82, 2.24) is 0 Å². The Labute approximate surface area is 86.7 Å². The number of epoxide rings is 1. The van der Waals surface area contributed by atoms with Gasteiger partial charge in [0.2, 0.25) is 0 Å². The highest BCUT2D eigenvalue weighted by Crippen LogP contribution is 2.35. The zero-order chi connectivity index (χ0) is 10.4. The van der Waals surface area contributed by atoms with Crippen LogP contribution in [0.25, 0.3) is 0 Å². The molecule has 0 bridgehead atoms. The maximum Gasteiger partial charge on any atom is 0.0841 e. The van der Waals surface area contributed by atoms with Crippen LogP contribution in [0.15, 0.2) is 0 Å². The summed E-state index contributed by atoms with van der Waals surface area (Å²) in [6.07, 6.45) is 7.12. The van der Waals surface area contributed by atoms with Crippen molar-refractivity contribution in [3.05, 3.63) is 0 Å². The molecule has 0 aromatic heterocycles. The lowest BCUT2D eigenvalue weighted by molar-refractivity contribution is 0.0401. The monoisotopic (exact) mass is 202 g/mol. The fourth-order valence-electron chi connectivity index (χ4n) is 1.68. The normalized spacial score (nSPS) is 31.1. The highest BCUT2D eigenvalue weighted by atomic mass is 16.6. The Morgan fingerprint density at radius 2 is 1.79 bits per heavy atom. The van der Waals surface area contributed by atoms with Gasteiger partial charge in [0, 0.05) is 14.2 Å². The number of fused-ring (bicyclic) bond motifs is 1. The van der Waals surface area contributed by atoms with E-state index < -0.39 is 0 Å². The van der Waals surface area contributed by atoms with Gasteiger partial charge >= 0.3 is 0 Å². The largest absolute Gasteiger partial charge is 0.382 e. The first-order valence-corrected chi connectivity index (χ1v) is 5.45. The summed E-state index contributed by atoms with van der Waals surface area (Å²) in [7, 11) is 3.33. The molecule has 3 atom stereocenters. The third-order valence-corrected chi connectivity index (χ3v) is 2.72. The molecule has 1 aliphatic carbocycles. The molecule has 0 spiro atoms. The lowest BCUT2D eigenvalue weighted by atomic mass is 10.0. The molecule has 1 aliphatic heterocycles. The zero-order valence-electron chi connectivity index (χ0n) is 9.49. The topological polar surface area (TPSA) is 31.0 Å². The third kappa shape index (κ3) is 4.40. The van der Waals surface area contributed by atoms with Crippen LogP contribution in [0.1, 0.15) is 32.6 Å². The van der Waals surface area contributed by atoms with Gasteiger partial charge in [-0.3, -0.25) is 0 Å². The van der Waals surface area contributed by atoms with Crippen molar-refractivity contribution >= 4 is 0 Å². The molecule has 1 heterocycles. The van der Waals surface area contributed by atoms with Gasteiger partial charge in [0.15, 0.2) is 0 Å². The van der Waals surface area contributed by atoms with E-state index in [2.05, 4.69) is 0 Å². The molecule has 0 aromatic rings. The molecule has 0 aromatic carbocycles. The predicted molar refractivity (Wildman–Crippen MR) is 55.5 cm³/mol. The van der Waals surface area contributed by atoms with E-state index in [1.165, 1.54) is 25.7 Å². The third-order valence-electron chi connectivity index (χ3n) is 2.72. The van der Waals surface area contributed by atoms with Crippen LogP contribution < -0.4 is 0 Å². The standard InChI is InChI=1S/C6H10O.C5H12O2/c1-2-4-6-5(3-1)7-6;1-5(7-3)4-6-2/h5-6H,1-4H2;5H,4H2,1-3H3. The van der Waals surface area contributed by atoms with Crippen LogP contribution in [0.3, 0.4) is 0 Å². The maximum absolute atomic E-state index is 5.28. The van der Waals surface area contributed by atoms with E-state index in [4.69, 9.17) is 14.2 Å². The van der Waals surface area contributed by atoms with Crippen LogP contribution in [-0.4, -0.2) is 39.1 Å². The van der Waals surface area contributed by atoms with Crippen molar-refractivity contribution in [1.29, 1.82) is 0 Å². The Morgan fingerprint density at radius 1 is 1.21 bits per heavy atom. The average Bonchev–Trinajstić information content (AvgIpc) is 2.97. The number of hydrogen-bond donors (Lipinski definition) is 0. The van der Waals surface area contributed by atoms with E-state index in [1.54, 1.807) is 14.2 Å². The molecule has 2 aliphatic rings. The van der Waals surface area contributed by atoms with Crippen molar-refractivity contribution in [3.8, 4) is 0 Å². The van der Waals surface area contributed by atoms with Gasteiger partial charge < -0.3 is 14.2 Å². The first-order chi connectivity index (χ1) is 6.77. The summed E-state index contributed by atoms with van der Waals surface area (Å²) in [5.74, 6) is 0. The summed E-state index contributed by atoms with van der Waals surface area (Å²) in [6.45, 7) is 2.64. The molecule has 3 unspecified atom stereocenters. The minimum absolute atomic E-state index is 0.227. The van der Waals surface area contributed by atoms with Gasteiger partial charge in [0.05, 0.1) is 24.9 Å². The maximum atomic E-state index is 5.28. The van der Waals surface area contributed by atoms with Crippen molar-refractivity contribution in [2.75, 3.05) is 20.8 Å². The van der Waals surface area contributed by atoms with E-state index in [0.29, 0.717) is 18.8 Å². The van der Waals surface area contributed by atoms with Crippen molar-refractivity contribution < 1.29 is 14.2 Å². The summed E-state index contributed by atoms with van der Waals surface area (Å²) in [5, 5.41) is 0. The average molecular weight is 202 g/mol. The summed E-state index contributed by atoms with van der Waals surface area (Å²) >= 11 is 0. The van der Waals surface area contributed by atoms with Gasteiger partial charge in [-0.25, -0.2) is 0 Å². The fraction of sp³-hybridized carbons (Fsp3) is 1.00. The molecule has 14 heavy (non-hydrogen) atoms. The molecule has 1 saturated heterocycles. The molecule has 2 fully saturated rings. The lowest BCUT2D eigenvalue weighted by Gasteiger charge is -2.05. The van der Waals surface area contributed by atoms with Gasteiger partial charge in [0.25, 0.3) is 0 Å². The molecule has 3 heteroatoms. The number of methoxy groups -OCH3 is 2. The summed E-state index contributed by atoms with van der Waals surface area (Å²) in [5.41, 5.74) is 0. The van der Waals surface area contributed by atoms with Crippen LogP contribution in [0.2, 0.25) is 0 Å². The van der Waals surface area contributed by atoms with E-state index in [1.807, 2.05) is 6.92 Å². The van der Waals surface area contributed by atoms with E-state index in [-0.39, 0.29) is 6.10 Å². The Bertz CT molecular complexity index is 139. The molecule has 0 amide bonds. The van der Waals surface area contributed by atoms with Gasteiger partial charge in [-0.1, -0.05) is 12.8 Å². The Hall–Kier alpha value is -0.120. The van der Waals surface area contributed by atoms with Crippen molar-refractivity contribution in [3.63, 3.8) is 0 Å². The number of rotatable bonds is 3. The minimum Gasteiger partial charge on any atom is -0.382 e. The molecular weight excluding hydrogens is 180 g/mol. The highest BCUT2D eigenvalue weighted by molar-refractivity contribution is 4.87. The molecule has 2 rings (SSSR count). The molecule has 0 radical (unpaired) electrons. The molecular formula is C11H22O3. The number of hydrogen-bond acceptors (Lipinski definition) is 3. The summed E-state index contributed by atoms with van der Waals surface area (Å²) in [6, 6.07) is 0. The van der Waals surface area contributed by atoms with Crippen LogP contribution in [0.4, 0.5) is 0 Å². The van der Waals surface area contributed by atoms with Crippen molar-refractivity contribution in [2.45, 2.75) is 50.9 Å². The second kappa shape index (κ2) is 6.38. The second-order valence-electron chi connectivity index (χ2n) is 4.00. The van der Waals surface area contributed by atoms with Crippen LogP contribution in [0.5, 0.6) is 0 Å². The van der Waals surface area contributed by atoms with E-state index in [0.717, 1.165) is 0 Å².